The van der Waals surface area contributed by atoms with E-state index in [1.807, 2.05) is 31.2 Å². The van der Waals surface area contributed by atoms with Gasteiger partial charge in [0.2, 0.25) is 0 Å². The van der Waals surface area contributed by atoms with Crippen molar-refractivity contribution in [1.29, 1.82) is 0 Å². The molecule has 1 N–H and O–H groups in total. The predicted molar refractivity (Wildman–Crippen MR) is 75.9 cm³/mol. The van der Waals surface area contributed by atoms with Gasteiger partial charge in [0.1, 0.15) is 0 Å². The van der Waals surface area contributed by atoms with E-state index in [0.717, 1.165) is 23.3 Å². The van der Waals surface area contributed by atoms with E-state index in [1.165, 1.54) is 12.1 Å². The summed E-state index contributed by atoms with van der Waals surface area (Å²) in [6, 6.07) is 12.4. The minimum absolute atomic E-state index is 0.260. The Balaban J connectivity index is 2.23. The highest BCUT2D eigenvalue weighted by Gasteiger charge is 2.30. The van der Waals surface area contributed by atoms with Crippen LogP contribution in [0.3, 0.4) is 0 Å². The van der Waals surface area contributed by atoms with Gasteiger partial charge in [-0.2, -0.15) is 13.2 Å². The van der Waals surface area contributed by atoms with Crippen molar-refractivity contribution < 1.29 is 18.3 Å². The molecule has 0 fully saturated rings. The minimum Gasteiger partial charge on any atom is -0.385 e. The van der Waals surface area contributed by atoms with Crippen molar-refractivity contribution in [2.75, 3.05) is 0 Å². The number of aryl methyl sites for hydroxylation is 1. The van der Waals surface area contributed by atoms with Gasteiger partial charge < -0.3 is 5.11 Å². The van der Waals surface area contributed by atoms with Gasteiger partial charge in [0.05, 0.1) is 11.2 Å². The van der Waals surface area contributed by atoms with Crippen molar-refractivity contribution in [3.05, 3.63) is 70.8 Å². The maximum absolute atomic E-state index is 12.5. The molecule has 0 aliphatic heterocycles. The summed E-state index contributed by atoms with van der Waals surface area (Å²) in [5, 5.41) is 10.6. The first kappa shape index (κ1) is 15.6. The van der Waals surface area contributed by atoms with Crippen LogP contribution in [0.15, 0.2) is 48.5 Å². The van der Waals surface area contributed by atoms with Crippen LogP contribution >= 0.6 is 0 Å². The molecule has 4 heteroatoms. The molecule has 0 amide bonds. The van der Waals surface area contributed by atoms with Crippen molar-refractivity contribution in [2.45, 2.75) is 32.0 Å². The van der Waals surface area contributed by atoms with Crippen molar-refractivity contribution in [3.63, 3.8) is 0 Å². The van der Waals surface area contributed by atoms with Crippen LogP contribution in [0.25, 0.3) is 0 Å². The van der Waals surface area contributed by atoms with E-state index in [4.69, 9.17) is 0 Å². The highest BCUT2D eigenvalue weighted by atomic mass is 19.4. The fraction of sp³-hybridized carbons (Fsp3) is 0.294. The molecule has 2 aromatic carbocycles. The summed E-state index contributed by atoms with van der Waals surface area (Å²) in [5.41, 5.74) is 0.600. The number of aliphatic hydroxyl groups is 1. The lowest BCUT2D eigenvalue weighted by Crippen LogP contribution is -2.25. The van der Waals surface area contributed by atoms with Crippen LogP contribution in [-0.2, 0) is 18.2 Å². The molecule has 0 heterocycles. The van der Waals surface area contributed by atoms with Crippen molar-refractivity contribution in [1.82, 2.24) is 0 Å². The monoisotopic (exact) mass is 294 g/mol. The number of halogens is 3. The minimum atomic E-state index is -4.34. The molecule has 21 heavy (non-hydrogen) atoms. The Morgan fingerprint density at radius 1 is 0.952 bits per heavy atom. The smallest absolute Gasteiger partial charge is 0.385 e. The Hall–Kier alpha value is -1.81. The fourth-order valence-corrected chi connectivity index (χ4v) is 2.48. The molecular formula is C17H17F3O. The molecule has 0 saturated carbocycles. The average molecular weight is 294 g/mol. The van der Waals surface area contributed by atoms with Crippen LogP contribution in [-0.4, -0.2) is 5.11 Å². The van der Waals surface area contributed by atoms with E-state index in [0.29, 0.717) is 5.56 Å². The molecule has 0 bridgehead atoms. The van der Waals surface area contributed by atoms with Crippen LogP contribution in [0.2, 0.25) is 0 Å². The number of benzene rings is 2. The van der Waals surface area contributed by atoms with Gasteiger partial charge in [0.15, 0.2) is 0 Å². The van der Waals surface area contributed by atoms with Crippen LogP contribution in [0.5, 0.6) is 0 Å². The van der Waals surface area contributed by atoms with Gasteiger partial charge in [0, 0.05) is 6.42 Å². The Kier molecular flexibility index (Phi) is 4.10. The van der Waals surface area contributed by atoms with Gasteiger partial charge in [-0.05, 0) is 42.7 Å². The summed E-state index contributed by atoms with van der Waals surface area (Å²) in [4.78, 5) is 0. The van der Waals surface area contributed by atoms with E-state index in [9.17, 15) is 18.3 Å². The second kappa shape index (κ2) is 5.53. The van der Waals surface area contributed by atoms with E-state index in [1.54, 1.807) is 6.92 Å². The summed E-state index contributed by atoms with van der Waals surface area (Å²) in [5.74, 6) is 0. The lowest BCUT2D eigenvalue weighted by Gasteiger charge is -2.26. The van der Waals surface area contributed by atoms with E-state index >= 15 is 0 Å². The first-order chi connectivity index (χ1) is 9.70. The lowest BCUT2D eigenvalue weighted by atomic mass is 9.86. The Morgan fingerprint density at radius 3 is 2.05 bits per heavy atom. The van der Waals surface area contributed by atoms with Crippen LogP contribution in [0.4, 0.5) is 13.2 Å². The molecular weight excluding hydrogens is 277 g/mol. The normalized spacial score (nSPS) is 14.8. The zero-order chi connectivity index (χ0) is 15.7. The average Bonchev–Trinajstić information content (AvgIpc) is 2.38. The topological polar surface area (TPSA) is 20.2 Å². The molecule has 0 saturated heterocycles. The lowest BCUT2D eigenvalue weighted by molar-refractivity contribution is -0.137. The highest BCUT2D eigenvalue weighted by molar-refractivity contribution is 5.33. The van der Waals surface area contributed by atoms with Gasteiger partial charge >= 0.3 is 6.18 Å². The number of rotatable bonds is 3. The molecule has 0 spiro atoms. The third kappa shape index (κ3) is 3.64. The third-order valence-electron chi connectivity index (χ3n) is 3.55. The first-order valence-corrected chi connectivity index (χ1v) is 6.65. The number of hydrogen-bond acceptors (Lipinski definition) is 1. The molecule has 0 radical (unpaired) electrons. The van der Waals surface area contributed by atoms with Crippen LogP contribution in [0.1, 0.15) is 29.2 Å². The maximum atomic E-state index is 12.5. The second-order valence-electron chi connectivity index (χ2n) is 5.46. The molecule has 1 nitrogen and oxygen atoms in total. The zero-order valence-electron chi connectivity index (χ0n) is 11.9. The van der Waals surface area contributed by atoms with Gasteiger partial charge in [0.25, 0.3) is 0 Å². The van der Waals surface area contributed by atoms with E-state index < -0.39 is 17.3 Å². The summed E-state index contributed by atoms with van der Waals surface area (Å²) < 4.78 is 37.6. The van der Waals surface area contributed by atoms with Gasteiger partial charge in [-0.15, -0.1) is 0 Å². The standard InChI is InChI=1S/C17H17F3O/c1-12-5-3-4-6-15(12)16(2,21)11-13-7-9-14(10-8-13)17(18,19)20/h3-10,21H,11H2,1-2H3. The molecule has 2 rings (SSSR count). The third-order valence-corrected chi connectivity index (χ3v) is 3.55. The number of alkyl halides is 3. The molecule has 0 aromatic heterocycles. The molecule has 0 aliphatic carbocycles. The zero-order valence-corrected chi connectivity index (χ0v) is 11.9. The summed E-state index contributed by atoms with van der Waals surface area (Å²) in [7, 11) is 0. The highest BCUT2D eigenvalue weighted by Crippen LogP contribution is 2.31. The van der Waals surface area contributed by atoms with Gasteiger partial charge in [-0.1, -0.05) is 36.4 Å². The number of hydrogen-bond donors (Lipinski definition) is 1. The van der Waals surface area contributed by atoms with Crippen LogP contribution in [0, 0.1) is 6.92 Å². The van der Waals surface area contributed by atoms with Gasteiger partial charge in [-0.3, -0.25) is 0 Å². The SMILES string of the molecule is Cc1ccccc1C(C)(O)Cc1ccc(C(F)(F)F)cc1. The Labute approximate surface area is 122 Å². The molecule has 2 aromatic rings. The summed E-state index contributed by atoms with van der Waals surface area (Å²) in [6.07, 6.45) is -4.08. The molecule has 1 atom stereocenters. The molecule has 0 aliphatic rings. The van der Waals surface area contributed by atoms with Crippen molar-refractivity contribution in [2.24, 2.45) is 0 Å². The van der Waals surface area contributed by atoms with Crippen molar-refractivity contribution >= 4 is 0 Å². The maximum Gasteiger partial charge on any atom is 0.416 e. The first-order valence-electron chi connectivity index (χ1n) is 6.65. The molecule has 112 valence electrons. The van der Waals surface area contributed by atoms with Gasteiger partial charge in [-0.25, -0.2) is 0 Å². The quantitative estimate of drug-likeness (QED) is 0.886. The Bertz CT molecular complexity index is 613. The van der Waals surface area contributed by atoms with E-state index in [-0.39, 0.29) is 6.42 Å². The van der Waals surface area contributed by atoms with Crippen LogP contribution < -0.4 is 0 Å². The largest absolute Gasteiger partial charge is 0.416 e. The fourth-order valence-electron chi connectivity index (χ4n) is 2.48. The summed E-state index contributed by atoms with van der Waals surface area (Å²) in [6.45, 7) is 3.57. The van der Waals surface area contributed by atoms with E-state index in [2.05, 4.69) is 0 Å². The summed E-state index contributed by atoms with van der Waals surface area (Å²) >= 11 is 0. The van der Waals surface area contributed by atoms with Crippen molar-refractivity contribution in [3.8, 4) is 0 Å². The molecule has 1 unspecified atom stereocenters. The second-order valence-corrected chi connectivity index (χ2v) is 5.46. The Morgan fingerprint density at radius 2 is 1.52 bits per heavy atom. The predicted octanol–water partition coefficient (Wildman–Crippen LogP) is 4.46.